The summed E-state index contributed by atoms with van der Waals surface area (Å²) in [5, 5.41) is 0. The lowest BCUT2D eigenvalue weighted by Gasteiger charge is -2.09. The molecule has 68 valence electrons. The van der Waals surface area contributed by atoms with Crippen LogP contribution in [0.1, 0.15) is 12.5 Å². The topological polar surface area (TPSA) is 21.6 Å². The lowest BCUT2D eigenvalue weighted by molar-refractivity contribution is 0.223. The van der Waals surface area contributed by atoms with E-state index in [0.717, 1.165) is 18.9 Å². The Labute approximate surface area is 78.3 Å². The zero-order valence-corrected chi connectivity index (χ0v) is 7.73. The van der Waals surface area contributed by atoms with Gasteiger partial charge in [0.1, 0.15) is 6.10 Å². The minimum absolute atomic E-state index is 0.252. The molecule has 0 saturated carbocycles. The van der Waals surface area contributed by atoms with Crippen molar-refractivity contribution in [2.45, 2.75) is 19.4 Å². The highest BCUT2D eigenvalue weighted by Crippen LogP contribution is 2.11. The molecule has 1 aromatic rings. The number of nitrogens with zero attached hydrogens (tertiary/aromatic N) is 1. The van der Waals surface area contributed by atoms with Crippen molar-refractivity contribution in [3.8, 4) is 0 Å². The summed E-state index contributed by atoms with van der Waals surface area (Å²) < 4.78 is 5.52. The predicted octanol–water partition coefficient (Wildman–Crippen LogP) is 2.05. The Morgan fingerprint density at radius 1 is 1.38 bits per heavy atom. The second-order valence-corrected chi connectivity index (χ2v) is 3.29. The molecule has 0 saturated heterocycles. The predicted molar refractivity (Wildman–Crippen MR) is 53.0 cm³/mol. The first-order valence-electron chi connectivity index (χ1n) is 4.56. The molecule has 1 heterocycles. The fourth-order valence-electron chi connectivity index (χ4n) is 1.53. The van der Waals surface area contributed by atoms with Crippen LogP contribution in [0, 0.1) is 0 Å². The van der Waals surface area contributed by atoms with Gasteiger partial charge in [-0.25, -0.2) is 0 Å². The van der Waals surface area contributed by atoms with E-state index in [-0.39, 0.29) is 6.10 Å². The van der Waals surface area contributed by atoms with Gasteiger partial charge in [-0.1, -0.05) is 30.3 Å². The normalized spacial score (nSPS) is 21.0. The fraction of sp³-hybridized carbons (Fsp3) is 0.364. The van der Waals surface area contributed by atoms with Crippen molar-refractivity contribution >= 4 is 5.90 Å². The molecule has 0 amide bonds. The average Bonchev–Trinajstić information content (AvgIpc) is 2.53. The van der Waals surface area contributed by atoms with Gasteiger partial charge in [-0.05, 0) is 5.56 Å². The second-order valence-electron chi connectivity index (χ2n) is 3.29. The van der Waals surface area contributed by atoms with Crippen LogP contribution in [-0.4, -0.2) is 18.5 Å². The Bertz CT molecular complexity index is 305. The van der Waals surface area contributed by atoms with E-state index in [9.17, 15) is 0 Å². The highest BCUT2D eigenvalue weighted by Gasteiger charge is 2.16. The van der Waals surface area contributed by atoms with Gasteiger partial charge in [-0.15, -0.1) is 0 Å². The molecule has 1 aliphatic rings. The Morgan fingerprint density at radius 2 is 2.15 bits per heavy atom. The van der Waals surface area contributed by atoms with Crippen LogP contribution in [0.4, 0.5) is 0 Å². The first kappa shape index (κ1) is 8.30. The van der Waals surface area contributed by atoms with Gasteiger partial charge in [-0.3, -0.25) is 4.99 Å². The van der Waals surface area contributed by atoms with E-state index in [4.69, 9.17) is 4.74 Å². The Morgan fingerprint density at radius 3 is 2.77 bits per heavy atom. The monoisotopic (exact) mass is 175 g/mol. The van der Waals surface area contributed by atoms with E-state index in [1.165, 1.54) is 5.56 Å². The summed E-state index contributed by atoms with van der Waals surface area (Å²) in [6.07, 6.45) is 1.21. The number of hydrogen-bond acceptors (Lipinski definition) is 2. The second kappa shape index (κ2) is 3.60. The van der Waals surface area contributed by atoms with E-state index in [0.29, 0.717) is 0 Å². The van der Waals surface area contributed by atoms with Gasteiger partial charge >= 0.3 is 0 Å². The van der Waals surface area contributed by atoms with Gasteiger partial charge in [0.05, 0.1) is 6.54 Å². The molecular formula is C11H13NO. The highest BCUT2D eigenvalue weighted by molar-refractivity contribution is 5.74. The Hall–Kier alpha value is -1.31. The van der Waals surface area contributed by atoms with Gasteiger partial charge in [0.25, 0.3) is 0 Å². The minimum atomic E-state index is 0.252. The van der Waals surface area contributed by atoms with Gasteiger partial charge in [0, 0.05) is 13.3 Å². The molecule has 2 nitrogen and oxygen atoms in total. The molecule has 0 aliphatic carbocycles. The van der Waals surface area contributed by atoms with E-state index in [1.54, 1.807) is 0 Å². The number of aliphatic imine (C=N–C) groups is 1. The first-order chi connectivity index (χ1) is 6.34. The molecule has 0 fully saturated rings. The number of rotatable bonds is 2. The summed E-state index contributed by atoms with van der Waals surface area (Å²) in [6.45, 7) is 2.71. The lowest BCUT2D eigenvalue weighted by Crippen LogP contribution is -2.15. The molecule has 13 heavy (non-hydrogen) atoms. The van der Waals surface area contributed by atoms with Crippen molar-refractivity contribution < 1.29 is 4.74 Å². The summed E-state index contributed by atoms with van der Waals surface area (Å²) in [4.78, 5) is 4.21. The maximum Gasteiger partial charge on any atom is 0.180 e. The molecule has 0 aromatic heterocycles. The van der Waals surface area contributed by atoms with Crippen LogP contribution in [-0.2, 0) is 11.2 Å². The smallest absolute Gasteiger partial charge is 0.180 e. The van der Waals surface area contributed by atoms with Gasteiger partial charge in [0.2, 0.25) is 0 Å². The van der Waals surface area contributed by atoms with Crippen LogP contribution in [0.2, 0.25) is 0 Å². The summed E-state index contributed by atoms with van der Waals surface area (Å²) in [6, 6.07) is 10.4. The summed E-state index contributed by atoms with van der Waals surface area (Å²) in [5.74, 6) is 0.820. The third-order valence-corrected chi connectivity index (χ3v) is 2.16. The van der Waals surface area contributed by atoms with Gasteiger partial charge < -0.3 is 4.74 Å². The van der Waals surface area contributed by atoms with Crippen molar-refractivity contribution in [2.24, 2.45) is 4.99 Å². The van der Waals surface area contributed by atoms with Crippen LogP contribution in [0.3, 0.4) is 0 Å². The van der Waals surface area contributed by atoms with E-state index in [2.05, 4.69) is 29.3 Å². The van der Waals surface area contributed by atoms with Crippen LogP contribution >= 0.6 is 0 Å². The van der Waals surface area contributed by atoms with Crippen LogP contribution in [0.25, 0.3) is 0 Å². The van der Waals surface area contributed by atoms with Crippen molar-refractivity contribution in [1.29, 1.82) is 0 Å². The highest BCUT2D eigenvalue weighted by atomic mass is 16.5. The van der Waals surface area contributed by atoms with E-state index < -0.39 is 0 Å². The number of hydrogen-bond donors (Lipinski definition) is 0. The molecular weight excluding hydrogens is 162 g/mol. The Kier molecular flexibility index (Phi) is 2.30. The van der Waals surface area contributed by atoms with Crippen LogP contribution in [0.15, 0.2) is 35.3 Å². The van der Waals surface area contributed by atoms with Crippen molar-refractivity contribution in [2.75, 3.05) is 6.54 Å². The van der Waals surface area contributed by atoms with Gasteiger partial charge in [-0.2, -0.15) is 0 Å². The van der Waals surface area contributed by atoms with Gasteiger partial charge in [0.15, 0.2) is 5.90 Å². The molecule has 1 atom stereocenters. The molecule has 0 spiro atoms. The first-order valence-corrected chi connectivity index (χ1v) is 4.56. The molecule has 0 N–H and O–H groups in total. The SMILES string of the molecule is CC1=NCC(Cc2ccccc2)O1. The third kappa shape index (κ3) is 2.08. The quantitative estimate of drug-likeness (QED) is 0.674. The van der Waals surface area contributed by atoms with Crippen molar-refractivity contribution in [3.05, 3.63) is 35.9 Å². The fourth-order valence-corrected chi connectivity index (χ4v) is 1.53. The molecule has 0 radical (unpaired) electrons. The molecule has 1 aliphatic heterocycles. The van der Waals surface area contributed by atoms with Crippen molar-refractivity contribution in [1.82, 2.24) is 0 Å². The molecule has 2 rings (SSSR count). The number of benzene rings is 1. The molecule has 1 unspecified atom stereocenters. The standard InChI is InChI=1S/C11H13NO/c1-9-12-8-11(13-9)7-10-5-3-2-4-6-10/h2-6,11H,7-8H2,1H3. The molecule has 2 heteroatoms. The molecule has 1 aromatic carbocycles. The van der Waals surface area contributed by atoms with E-state index >= 15 is 0 Å². The maximum absolute atomic E-state index is 5.52. The Balaban J connectivity index is 1.94. The van der Waals surface area contributed by atoms with E-state index in [1.807, 2.05) is 13.0 Å². The largest absolute Gasteiger partial charge is 0.476 e. The average molecular weight is 175 g/mol. The van der Waals surface area contributed by atoms with Crippen LogP contribution in [0.5, 0.6) is 0 Å². The number of ether oxygens (including phenoxy) is 1. The van der Waals surface area contributed by atoms with Crippen molar-refractivity contribution in [3.63, 3.8) is 0 Å². The minimum Gasteiger partial charge on any atom is -0.476 e. The summed E-state index contributed by atoms with van der Waals surface area (Å²) >= 11 is 0. The maximum atomic E-state index is 5.52. The summed E-state index contributed by atoms with van der Waals surface area (Å²) in [5.41, 5.74) is 1.32. The molecule has 0 bridgehead atoms. The summed E-state index contributed by atoms with van der Waals surface area (Å²) in [7, 11) is 0. The zero-order valence-electron chi connectivity index (χ0n) is 7.73. The zero-order chi connectivity index (χ0) is 9.10. The third-order valence-electron chi connectivity index (χ3n) is 2.16. The lowest BCUT2D eigenvalue weighted by atomic mass is 10.1. The van der Waals surface area contributed by atoms with Crippen LogP contribution < -0.4 is 0 Å².